The lowest BCUT2D eigenvalue weighted by Crippen LogP contribution is -2.11. The average Bonchev–Trinajstić information content (AvgIpc) is 2.92. The van der Waals surface area contributed by atoms with Crippen molar-refractivity contribution in [2.45, 2.75) is 19.8 Å². The molecule has 0 aliphatic carbocycles. The van der Waals surface area contributed by atoms with E-state index >= 15 is 0 Å². The number of alkyl halides is 1. The fraction of sp³-hybridized carbons (Fsp3) is 0.250. The maximum absolute atomic E-state index is 12.3. The van der Waals surface area contributed by atoms with Crippen LogP contribution >= 0.6 is 27.3 Å². The molecule has 5 heteroatoms. The highest BCUT2D eigenvalue weighted by Crippen LogP contribution is 2.30. The number of rotatable bonds is 4. The predicted octanol–water partition coefficient (Wildman–Crippen LogP) is 4.15. The number of thiophene rings is 1. The molecular weight excluding hydrogens is 348 g/mol. The summed E-state index contributed by atoms with van der Waals surface area (Å²) in [5.74, 6) is 0.735. The molecule has 0 saturated heterocycles. The molecule has 0 saturated carbocycles. The summed E-state index contributed by atoms with van der Waals surface area (Å²) < 4.78 is 0. The van der Waals surface area contributed by atoms with Crippen molar-refractivity contribution in [1.82, 2.24) is 9.97 Å². The Hall–Kier alpha value is -1.46. The summed E-state index contributed by atoms with van der Waals surface area (Å²) in [6.07, 6.45) is 1.74. The Labute approximate surface area is 135 Å². The van der Waals surface area contributed by atoms with Crippen LogP contribution in [0.4, 0.5) is 0 Å². The molecule has 0 radical (unpaired) electrons. The molecule has 0 unspecified atom stereocenters. The van der Waals surface area contributed by atoms with E-state index in [1.807, 2.05) is 5.38 Å². The molecule has 0 aliphatic heterocycles. The molecule has 21 heavy (non-hydrogen) atoms. The van der Waals surface area contributed by atoms with Crippen LogP contribution in [0, 0.1) is 0 Å². The van der Waals surface area contributed by atoms with Gasteiger partial charge < -0.3 is 4.98 Å². The molecule has 0 amide bonds. The molecule has 0 spiro atoms. The number of fused-ring (bicyclic) bond motifs is 1. The number of hydrogen-bond donors (Lipinski definition) is 1. The van der Waals surface area contributed by atoms with Gasteiger partial charge in [0, 0.05) is 22.7 Å². The van der Waals surface area contributed by atoms with E-state index in [-0.39, 0.29) is 5.56 Å². The molecule has 1 aromatic carbocycles. The van der Waals surface area contributed by atoms with Gasteiger partial charge in [-0.25, -0.2) is 4.98 Å². The van der Waals surface area contributed by atoms with Crippen molar-refractivity contribution in [3.8, 4) is 11.1 Å². The van der Waals surface area contributed by atoms with Gasteiger partial charge in [-0.2, -0.15) is 0 Å². The number of H-pyrrole nitrogens is 1. The fourth-order valence-electron chi connectivity index (χ4n) is 2.33. The Morgan fingerprint density at radius 2 is 2.05 bits per heavy atom. The molecule has 0 fully saturated rings. The molecule has 0 atom stereocenters. The predicted molar refractivity (Wildman–Crippen MR) is 92.6 cm³/mol. The lowest BCUT2D eigenvalue weighted by Gasteiger charge is -2.02. The minimum absolute atomic E-state index is 0.0493. The summed E-state index contributed by atoms with van der Waals surface area (Å²) in [6.45, 7) is 2.13. The van der Waals surface area contributed by atoms with Crippen molar-refractivity contribution in [3.63, 3.8) is 0 Å². The number of hydrogen-bond acceptors (Lipinski definition) is 3. The van der Waals surface area contributed by atoms with Gasteiger partial charge >= 0.3 is 0 Å². The first-order chi connectivity index (χ1) is 10.2. The fourth-order valence-corrected chi connectivity index (χ4v) is 3.68. The number of aromatic amines is 1. The first kappa shape index (κ1) is 14.5. The quantitative estimate of drug-likeness (QED) is 0.708. The smallest absolute Gasteiger partial charge is 0.260 e. The first-order valence-electron chi connectivity index (χ1n) is 6.88. The molecule has 1 N–H and O–H groups in total. The third-order valence-electron chi connectivity index (χ3n) is 3.50. The number of aromatic nitrogens is 2. The lowest BCUT2D eigenvalue weighted by atomic mass is 10.0. The zero-order chi connectivity index (χ0) is 14.8. The second-order valence-electron chi connectivity index (χ2n) is 4.83. The van der Waals surface area contributed by atoms with Gasteiger partial charge in [-0.1, -0.05) is 47.1 Å². The molecule has 2 heterocycles. The molecule has 3 rings (SSSR count). The summed E-state index contributed by atoms with van der Waals surface area (Å²) in [5.41, 5.74) is 3.28. The van der Waals surface area contributed by atoms with E-state index in [1.165, 1.54) is 16.9 Å². The summed E-state index contributed by atoms with van der Waals surface area (Å²) in [7, 11) is 0. The molecule has 3 nitrogen and oxygen atoms in total. The Morgan fingerprint density at radius 1 is 1.29 bits per heavy atom. The Balaban J connectivity index is 2.13. The third kappa shape index (κ3) is 2.80. The highest BCUT2D eigenvalue weighted by molar-refractivity contribution is 9.09. The minimum atomic E-state index is -0.0493. The number of benzene rings is 1. The van der Waals surface area contributed by atoms with Gasteiger partial charge in [-0.05, 0) is 17.5 Å². The Kier molecular flexibility index (Phi) is 4.22. The molecule has 2 aromatic heterocycles. The Bertz CT molecular complexity index is 820. The van der Waals surface area contributed by atoms with Gasteiger partial charge in [0.15, 0.2) is 0 Å². The minimum Gasteiger partial charge on any atom is -0.310 e. The van der Waals surface area contributed by atoms with E-state index in [1.54, 1.807) is 0 Å². The summed E-state index contributed by atoms with van der Waals surface area (Å²) >= 11 is 4.90. The summed E-state index contributed by atoms with van der Waals surface area (Å²) in [4.78, 5) is 20.6. The van der Waals surface area contributed by atoms with Crippen LogP contribution in [-0.2, 0) is 12.8 Å². The van der Waals surface area contributed by atoms with Gasteiger partial charge in [0.05, 0.1) is 5.39 Å². The maximum atomic E-state index is 12.3. The second-order valence-corrected chi connectivity index (χ2v) is 6.48. The van der Waals surface area contributed by atoms with Crippen LogP contribution in [0.25, 0.3) is 21.3 Å². The van der Waals surface area contributed by atoms with Crippen LogP contribution in [0.3, 0.4) is 0 Å². The van der Waals surface area contributed by atoms with Gasteiger partial charge in [0.25, 0.3) is 5.56 Å². The number of aryl methyl sites for hydroxylation is 2. The van der Waals surface area contributed by atoms with Gasteiger partial charge in [0.2, 0.25) is 0 Å². The highest BCUT2D eigenvalue weighted by atomic mass is 79.9. The third-order valence-corrected chi connectivity index (χ3v) is 4.77. The molecule has 108 valence electrons. The normalized spacial score (nSPS) is 11.1. The van der Waals surface area contributed by atoms with E-state index in [2.05, 4.69) is 57.1 Å². The maximum Gasteiger partial charge on any atom is 0.260 e. The van der Waals surface area contributed by atoms with Crippen LogP contribution in [0.5, 0.6) is 0 Å². The van der Waals surface area contributed by atoms with Crippen LogP contribution in [0.15, 0.2) is 34.4 Å². The lowest BCUT2D eigenvalue weighted by molar-refractivity contribution is 0.960. The summed E-state index contributed by atoms with van der Waals surface area (Å²) in [6, 6.07) is 8.37. The van der Waals surface area contributed by atoms with Gasteiger partial charge in [0.1, 0.15) is 10.7 Å². The van der Waals surface area contributed by atoms with E-state index in [4.69, 9.17) is 0 Å². The number of nitrogens with one attached hydrogen (secondary N) is 1. The van der Waals surface area contributed by atoms with Crippen LogP contribution in [0.1, 0.15) is 18.3 Å². The second kappa shape index (κ2) is 6.12. The van der Waals surface area contributed by atoms with Crippen LogP contribution in [-0.4, -0.2) is 15.3 Å². The zero-order valence-electron chi connectivity index (χ0n) is 11.6. The van der Waals surface area contributed by atoms with Gasteiger partial charge in [-0.15, -0.1) is 11.3 Å². The van der Waals surface area contributed by atoms with Crippen LogP contribution < -0.4 is 5.56 Å². The highest BCUT2D eigenvalue weighted by Gasteiger charge is 2.12. The van der Waals surface area contributed by atoms with E-state index in [0.29, 0.717) is 5.39 Å². The van der Waals surface area contributed by atoms with Crippen molar-refractivity contribution in [2.24, 2.45) is 0 Å². The molecule has 0 aliphatic rings. The van der Waals surface area contributed by atoms with E-state index in [9.17, 15) is 4.79 Å². The van der Waals surface area contributed by atoms with Gasteiger partial charge in [-0.3, -0.25) is 4.79 Å². The monoisotopic (exact) mass is 362 g/mol. The zero-order valence-corrected chi connectivity index (χ0v) is 14.1. The van der Waals surface area contributed by atoms with Crippen molar-refractivity contribution in [1.29, 1.82) is 0 Å². The molecular formula is C16H15BrN2OS. The standard InChI is InChI=1S/C16H15BrN2OS/c1-2-10-3-5-11(6-4-10)12-9-21-16-14(12)15(20)18-13(19-16)7-8-17/h3-6,9H,2,7-8H2,1H3,(H,18,19,20). The van der Waals surface area contributed by atoms with Crippen molar-refractivity contribution in [2.75, 3.05) is 5.33 Å². The number of halogens is 1. The van der Waals surface area contributed by atoms with Crippen molar-refractivity contribution in [3.05, 3.63) is 51.4 Å². The van der Waals surface area contributed by atoms with Crippen LogP contribution in [0.2, 0.25) is 0 Å². The SMILES string of the molecule is CCc1ccc(-c2csc3nc(CCBr)[nH]c(=O)c23)cc1. The summed E-state index contributed by atoms with van der Waals surface area (Å²) in [5, 5.41) is 3.51. The molecule has 0 bridgehead atoms. The number of nitrogens with zero attached hydrogens (tertiary/aromatic N) is 1. The first-order valence-corrected chi connectivity index (χ1v) is 8.88. The Morgan fingerprint density at radius 3 is 2.71 bits per heavy atom. The molecule has 3 aromatic rings. The topological polar surface area (TPSA) is 45.8 Å². The van der Waals surface area contributed by atoms with E-state index in [0.717, 1.165) is 40.0 Å². The average molecular weight is 363 g/mol. The van der Waals surface area contributed by atoms with Crippen molar-refractivity contribution >= 4 is 37.5 Å². The van der Waals surface area contributed by atoms with Crippen molar-refractivity contribution < 1.29 is 0 Å². The largest absolute Gasteiger partial charge is 0.310 e. The van der Waals surface area contributed by atoms with E-state index < -0.39 is 0 Å².